The lowest BCUT2D eigenvalue weighted by Gasteiger charge is -2.07. The van der Waals surface area contributed by atoms with Crippen molar-refractivity contribution in [3.63, 3.8) is 0 Å². The van der Waals surface area contributed by atoms with Crippen LogP contribution in [0.1, 0.15) is 26.5 Å². The summed E-state index contributed by atoms with van der Waals surface area (Å²) in [6.45, 7) is 5.87. The van der Waals surface area contributed by atoms with E-state index in [-0.39, 0.29) is 5.97 Å². The van der Waals surface area contributed by atoms with E-state index in [0.717, 1.165) is 11.3 Å². The van der Waals surface area contributed by atoms with Gasteiger partial charge in [-0.25, -0.2) is 9.78 Å². The first-order valence-electron chi connectivity index (χ1n) is 5.91. The molecule has 0 fully saturated rings. The highest BCUT2D eigenvalue weighted by Crippen LogP contribution is 2.28. The molecule has 0 bridgehead atoms. The SMILES string of the molecule is COC(=O)c1sc(Nc2cc(C)ccc2C)nc1C. The molecular formula is C14H16N2O2S. The van der Waals surface area contributed by atoms with Crippen molar-refractivity contribution < 1.29 is 9.53 Å². The molecule has 1 N–H and O–H groups in total. The van der Waals surface area contributed by atoms with E-state index in [2.05, 4.69) is 28.5 Å². The zero-order chi connectivity index (χ0) is 14.0. The quantitative estimate of drug-likeness (QED) is 0.870. The van der Waals surface area contributed by atoms with Crippen molar-refractivity contribution >= 4 is 28.1 Å². The standard InChI is InChI=1S/C14H16N2O2S/c1-8-5-6-9(2)11(7-8)16-14-15-10(3)12(19-14)13(17)18-4/h5-7H,1-4H3,(H,15,16). The maximum absolute atomic E-state index is 11.5. The lowest BCUT2D eigenvalue weighted by molar-refractivity contribution is 0.0605. The number of aromatic nitrogens is 1. The summed E-state index contributed by atoms with van der Waals surface area (Å²) in [6, 6.07) is 6.18. The van der Waals surface area contributed by atoms with E-state index in [1.54, 1.807) is 6.92 Å². The molecule has 0 aliphatic rings. The molecule has 0 aliphatic carbocycles. The molecule has 4 nitrogen and oxygen atoms in total. The monoisotopic (exact) mass is 276 g/mol. The van der Waals surface area contributed by atoms with Gasteiger partial charge in [-0.1, -0.05) is 23.5 Å². The molecule has 1 heterocycles. The topological polar surface area (TPSA) is 51.2 Å². The third-order valence-corrected chi connectivity index (χ3v) is 3.85. The van der Waals surface area contributed by atoms with Gasteiger partial charge < -0.3 is 10.1 Å². The average molecular weight is 276 g/mol. The molecule has 0 spiro atoms. The molecule has 0 atom stereocenters. The summed E-state index contributed by atoms with van der Waals surface area (Å²) in [6.07, 6.45) is 0. The Morgan fingerprint density at radius 3 is 2.74 bits per heavy atom. The van der Waals surface area contributed by atoms with Crippen LogP contribution in [-0.2, 0) is 4.74 Å². The van der Waals surface area contributed by atoms with E-state index in [1.165, 1.54) is 24.0 Å². The number of carbonyl (C=O) groups excluding carboxylic acids is 1. The number of ether oxygens (including phenoxy) is 1. The number of rotatable bonds is 3. The Morgan fingerprint density at radius 2 is 2.05 bits per heavy atom. The number of hydrogen-bond acceptors (Lipinski definition) is 5. The Kier molecular flexibility index (Phi) is 3.85. The summed E-state index contributed by atoms with van der Waals surface area (Å²) >= 11 is 1.30. The number of anilines is 2. The number of methoxy groups -OCH3 is 1. The van der Waals surface area contributed by atoms with Crippen molar-refractivity contribution in [2.24, 2.45) is 0 Å². The number of nitrogens with zero attached hydrogens (tertiary/aromatic N) is 1. The molecule has 0 saturated carbocycles. The Morgan fingerprint density at radius 1 is 1.32 bits per heavy atom. The normalized spacial score (nSPS) is 10.3. The predicted molar refractivity (Wildman–Crippen MR) is 77.4 cm³/mol. The van der Waals surface area contributed by atoms with E-state index in [0.29, 0.717) is 15.7 Å². The molecule has 19 heavy (non-hydrogen) atoms. The van der Waals surface area contributed by atoms with Gasteiger partial charge in [0.05, 0.1) is 12.8 Å². The van der Waals surface area contributed by atoms with Crippen LogP contribution in [0.25, 0.3) is 0 Å². The number of aryl methyl sites for hydroxylation is 3. The first-order chi connectivity index (χ1) is 9.01. The number of carbonyl (C=O) groups is 1. The molecule has 0 radical (unpaired) electrons. The van der Waals surface area contributed by atoms with E-state index < -0.39 is 0 Å². The van der Waals surface area contributed by atoms with Crippen LogP contribution in [0.15, 0.2) is 18.2 Å². The van der Waals surface area contributed by atoms with Crippen molar-refractivity contribution in [3.8, 4) is 0 Å². The van der Waals surface area contributed by atoms with Gasteiger partial charge >= 0.3 is 5.97 Å². The van der Waals surface area contributed by atoms with Gasteiger partial charge in [-0.05, 0) is 38.0 Å². The van der Waals surface area contributed by atoms with Gasteiger partial charge in [0.2, 0.25) is 0 Å². The second-order valence-corrected chi connectivity index (χ2v) is 5.37. The van der Waals surface area contributed by atoms with Crippen LogP contribution in [0.2, 0.25) is 0 Å². The van der Waals surface area contributed by atoms with Crippen LogP contribution in [0.5, 0.6) is 0 Å². The largest absolute Gasteiger partial charge is 0.465 e. The molecular weight excluding hydrogens is 260 g/mol. The van der Waals surface area contributed by atoms with Crippen LogP contribution >= 0.6 is 11.3 Å². The minimum Gasteiger partial charge on any atom is -0.465 e. The van der Waals surface area contributed by atoms with Crippen molar-refractivity contribution in [2.75, 3.05) is 12.4 Å². The summed E-state index contributed by atoms with van der Waals surface area (Å²) in [5, 5.41) is 3.95. The first kappa shape index (κ1) is 13.5. The molecule has 5 heteroatoms. The third-order valence-electron chi connectivity index (χ3n) is 2.80. The maximum atomic E-state index is 11.5. The first-order valence-corrected chi connectivity index (χ1v) is 6.73. The smallest absolute Gasteiger partial charge is 0.350 e. The maximum Gasteiger partial charge on any atom is 0.350 e. The van der Waals surface area contributed by atoms with Gasteiger partial charge in [0, 0.05) is 5.69 Å². The van der Waals surface area contributed by atoms with Crippen molar-refractivity contribution in [1.82, 2.24) is 4.98 Å². The minimum absolute atomic E-state index is 0.344. The van der Waals surface area contributed by atoms with Crippen LogP contribution in [0.3, 0.4) is 0 Å². The molecule has 0 unspecified atom stereocenters. The molecule has 0 amide bonds. The average Bonchev–Trinajstić information content (AvgIpc) is 2.74. The molecule has 0 saturated heterocycles. The molecule has 100 valence electrons. The van der Waals surface area contributed by atoms with Gasteiger partial charge in [0.15, 0.2) is 5.13 Å². The predicted octanol–water partition coefficient (Wildman–Crippen LogP) is 3.60. The fourth-order valence-corrected chi connectivity index (χ4v) is 2.61. The van der Waals surface area contributed by atoms with Gasteiger partial charge in [0.25, 0.3) is 0 Å². The van der Waals surface area contributed by atoms with E-state index >= 15 is 0 Å². The molecule has 2 aromatic rings. The highest BCUT2D eigenvalue weighted by atomic mass is 32.1. The van der Waals surface area contributed by atoms with Gasteiger partial charge in [-0.15, -0.1) is 0 Å². The Labute approximate surface area is 116 Å². The molecule has 1 aromatic heterocycles. The van der Waals surface area contributed by atoms with Crippen LogP contribution in [0, 0.1) is 20.8 Å². The molecule has 2 rings (SSSR count). The summed E-state index contributed by atoms with van der Waals surface area (Å²) in [5.41, 5.74) is 4.00. The Balaban J connectivity index is 2.29. The van der Waals surface area contributed by atoms with Crippen molar-refractivity contribution in [2.45, 2.75) is 20.8 Å². The minimum atomic E-state index is -0.344. The highest BCUT2D eigenvalue weighted by Gasteiger charge is 2.15. The number of hydrogen-bond donors (Lipinski definition) is 1. The van der Waals surface area contributed by atoms with Crippen LogP contribution in [0.4, 0.5) is 10.8 Å². The van der Waals surface area contributed by atoms with Gasteiger partial charge in [-0.3, -0.25) is 0 Å². The van der Waals surface area contributed by atoms with E-state index in [1.807, 2.05) is 13.8 Å². The summed E-state index contributed by atoms with van der Waals surface area (Å²) < 4.78 is 4.73. The molecule has 0 aliphatic heterocycles. The fraction of sp³-hybridized carbons (Fsp3) is 0.286. The van der Waals surface area contributed by atoms with E-state index in [9.17, 15) is 4.79 Å². The second kappa shape index (κ2) is 5.40. The van der Waals surface area contributed by atoms with E-state index in [4.69, 9.17) is 4.74 Å². The van der Waals surface area contributed by atoms with Crippen molar-refractivity contribution in [3.05, 3.63) is 39.9 Å². The third kappa shape index (κ3) is 2.93. The number of esters is 1. The highest BCUT2D eigenvalue weighted by molar-refractivity contribution is 7.17. The number of thiazole rings is 1. The van der Waals surface area contributed by atoms with Crippen LogP contribution in [-0.4, -0.2) is 18.1 Å². The number of nitrogens with one attached hydrogen (secondary N) is 1. The summed E-state index contributed by atoms with van der Waals surface area (Å²) in [4.78, 5) is 16.4. The number of benzene rings is 1. The summed E-state index contributed by atoms with van der Waals surface area (Å²) in [5.74, 6) is -0.344. The lowest BCUT2D eigenvalue weighted by atomic mass is 10.1. The van der Waals surface area contributed by atoms with Gasteiger partial charge in [-0.2, -0.15) is 0 Å². The summed E-state index contributed by atoms with van der Waals surface area (Å²) in [7, 11) is 1.37. The lowest BCUT2D eigenvalue weighted by Crippen LogP contribution is -1.99. The second-order valence-electron chi connectivity index (χ2n) is 4.37. The van der Waals surface area contributed by atoms with Crippen molar-refractivity contribution in [1.29, 1.82) is 0 Å². The zero-order valence-corrected chi connectivity index (χ0v) is 12.2. The van der Waals surface area contributed by atoms with Crippen LogP contribution < -0.4 is 5.32 Å². The Bertz CT molecular complexity index is 620. The van der Waals surface area contributed by atoms with Gasteiger partial charge in [0.1, 0.15) is 4.88 Å². The fourth-order valence-electron chi connectivity index (χ4n) is 1.72. The zero-order valence-electron chi connectivity index (χ0n) is 11.4. The molecule has 1 aromatic carbocycles. The Hall–Kier alpha value is -1.88.